The predicted octanol–water partition coefficient (Wildman–Crippen LogP) is 2.44. The van der Waals surface area contributed by atoms with Crippen molar-refractivity contribution in [1.29, 1.82) is 5.41 Å². The average Bonchev–Trinajstić information content (AvgIpc) is 2.50. The van der Waals surface area contributed by atoms with Gasteiger partial charge in [-0.2, -0.15) is 0 Å². The number of nitrogens with zero attached hydrogens (tertiary/aromatic N) is 1. The summed E-state index contributed by atoms with van der Waals surface area (Å²) in [5, 5.41) is 14.7. The number of nitrogens with one attached hydrogen (secondary N) is 1. The summed E-state index contributed by atoms with van der Waals surface area (Å²) < 4.78 is 5.37. The van der Waals surface area contributed by atoms with Crippen molar-refractivity contribution in [3.63, 3.8) is 0 Å². The zero-order valence-corrected chi connectivity index (χ0v) is 14.0. The van der Waals surface area contributed by atoms with E-state index >= 15 is 0 Å². The molecule has 1 saturated heterocycles. The topological polar surface area (TPSA) is 117 Å². The fourth-order valence-corrected chi connectivity index (χ4v) is 2.19. The second-order valence-corrected chi connectivity index (χ2v) is 6.51. The Labute approximate surface area is 132 Å². The maximum absolute atomic E-state index is 11.9. The van der Waals surface area contributed by atoms with Gasteiger partial charge in [0.15, 0.2) is 0 Å². The molecule has 1 atom stereocenters. The first-order valence-electron chi connectivity index (χ1n) is 7.51. The van der Waals surface area contributed by atoms with Crippen LogP contribution in [-0.4, -0.2) is 46.6 Å². The minimum atomic E-state index is -0.833. The van der Waals surface area contributed by atoms with Gasteiger partial charge in [0, 0.05) is 26.4 Å². The van der Waals surface area contributed by atoms with E-state index in [2.05, 4.69) is 0 Å². The molecule has 0 spiro atoms. The Hall–Kier alpha value is -1.79. The molecule has 1 fully saturated rings. The summed E-state index contributed by atoms with van der Waals surface area (Å²) in [6.07, 6.45) is 3.29. The maximum Gasteiger partial charge on any atom is 0.410 e. The van der Waals surface area contributed by atoms with Gasteiger partial charge in [0.25, 0.3) is 5.97 Å². The average molecular weight is 315 g/mol. The minimum absolute atomic E-state index is 0.231. The van der Waals surface area contributed by atoms with Crippen LogP contribution in [0, 0.1) is 11.3 Å². The zero-order valence-electron chi connectivity index (χ0n) is 14.0. The Morgan fingerprint density at radius 3 is 2.32 bits per heavy atom. The van der Waals surface area contributed by atoms with Crippen LogP contribution in [0.5, 0.6) is 0 Å². The minimum Gasteiger partial charge on any atom is -0.481 e. The van der Waals surface area contributed by atoms with Gasteiger partial charge >= 0.3 is 6.09 Å². The van der Waals surface area contributed by atoms with Crippen LogP contribution in [0.15, 0.2) is 0 Å². The van der Waals surface area contributed by atoms with Gasteiger partial charge in [-0.3, -0.25) is 10.2 Å². The van der Waals surface area contributed by atoms with Gasteiger partial charge in [0.05, 0.1) is 5.84 Å². The molecule has 1 aliphatic heterocycles. The lowest BCUT2D eigenvalue weighted by Gasteiger charge is -2.26. The molecule has 4 N–H and O–H groups in total. The van der Waals surface area contributed by atoms with Crippen molar-refractivity contribution in [2.45, 2.75) is 59.0 Å². The first-order chi connectivity index (χ1) is 10.0. The molecule has 22 heavy (non-hydrogen) atoms. The number of carboxylic acids is 1. The summed E-state index contributed by atoms with van der Waals surface area (Å²) in [7, 11) is 0. The first-order valence-corrected chi connectivity index (χ1v) is 7.51. The van der Waals surface area contributed by atoms with Crippen LogP contribution in [0.1, 0.15) is 53.4 Å². The van der Waals surface area contributed by atoms with Crippen LogP contribution in [-0.2, 0) is 9.53 Å². The molecule has 0 aromatic carbocycles. The molecule has 0 saturated carbocycles. The lowest BCUT2D eigenvalue weighted by Crippen LogP contribution is -2.37. The van der Waals surface area contributed by atoms with E-state index in [1.807, 2.05) is 20.8 Å². The third kappa shape index (κ3) is 10.9. The maximum atomic E-state index is 11.9. The molecule has 7 heteroatoms. The molecule has 0 radical (unpaired) electrons. The molecule has 1 aliphatic rings. The lowest BCUT2D eigenvalue weighted by molar-refractivity contribution is -0.134. The number of carbonyl (C=O) groups excluding carboxylic acids is 1. The molecule has 1 rings (SSSR count). The molecule has 7 nitrogen and oxygen atoms in total. The van der Waals surface area contributed by atoms with Crippen molar-refractivity contribution in [3.05, 3.63) is 0 Å². The van der Waals surface area contributed by atoms with Crippen molar-refractivity contribution in [2.75, 3.05) is 13.1 Å². The summed E-state index contributed by atoms with van der Waals surface area (Å²) >= 11 is 0. The second-order valence-electron chi connectivity index (χ2n) is 6.51. The van der Waals surface area contributed by atoms with E-state index in [0.717, 1.165) is 32.7 Å². The molecule has 128 valence electrons. The Bertz CT molecular complexity index is 387. The van der Waals surface area contributed by atoms with Gasteiger partial charge in [-0.25, -0.2) is 4.79 Å². The van der Waals surface area contributed by atoms with Crippen LogP contribution in [0.4, 0.5) is 4.79 Å². The summed E-state index contributed by atoms with van der Waals surface area (Å²) in [6.45, 7) is 8.15. The Morgan fingerprint density at radius 2 is 1.86 bits per heavy atom. The van der Waals surface area contributed by atoms with Gasteiger partial charge in [-0.05, 0) is 46.0 Å². The van der Waals surface area contributed by atoms with E-state index in [0.29, 0.717) is 18.9 Å². The van der Waals surface area contributed by atoms with Gasteiger partial charge in [-0.15, -0.1) is 0 Å². The number of ether oxygens (including phenoxy) is 1. The standard InChI is InChI=1S/C13H25N3O2.C2H4O2/c1-13(2,3)18-12(17)16-7-4-5-10(6-8-16)9-11(14)15;1-2(3)4/h10H,4-9H2,1-3H3,(H3,14,15);1H3,(H,3,4). The smallest absolute Gasteiger partial charge is 0.410 e. The molecule has 1 heterocycles. The number of likely N-dealkylation sites (tertiary alicyclic amines) is 1. The Kier molecular flexibility index (Phi) is 8.52. The number of amidine groups is 1. The molecular weight excluding hydrogens is 286 g/mol. The Balaban J connectivity index is 0.000000980. The molecule has 1 unspecified atom stereocenters. The molecule has 0 aromatic rings. The van der Waals surface area contributed by atoms with Crippen LogP contribution >= 0.6 is 0 Å². The van der Waals surface area contributed by atoms with Gasteiger partial charge < -0.3 is 20.5 Å². The number of rotatable bonds is 2. The molecule has 0 bridgehead atoms. The number of carbonyl (C=O) groups is 2. The van der Waals surface area contributed by atoms with Crippen molar-refractivity contribution in [1.82, 2.24) is 4.90 Å². The van der Waals surface area contributed by atoms with Crippen LogP contribution in [0.25, 0.3) is 0 Å². The van der Waals surface area contributed by atoms with Crippen LogP contribution in [0.3, 0.4) is 0 Å². The number of nitrogens with two attached hydrogens (primary N) is 1. The number of amides is 1. The third-order valence-corrected chi connectivity index (χ3v) is 3.01. The van der Waals surface area contributed by atoms with Crippen molar-refractivity contribution in [3.8, 4) is 0 Å². The van der Waals surface area contributed by atoms with Gasteiger partial charge in [0.2, 0.25) is 0 Å². The van der Waals surface area contributed by atoms with E-state index in [1.54, 1.807) is 4.90 Å². The van der Waals surface area contributed by atoms with E-state index in [4.69, 9.17) is 25.8 Å². The molecule has 0 aliphatic carbocycles. The SMILES string of the molecule is CC(=O)O.CC(C)(C)OC(=O)N1CCCC(CC(=N)N)CC1. The van der Waals surface area contributed by atoms with E-state index in [9.17, 15) is 4.79 Å². The highest BCUT2D eigenvalue weighted by molar-refractivity contribution is 5.77. The summed E-state index contributed by atoms with van der Waals surface area (Å²) in [6, 6.07) is 0. The van der Waals surface area contributed by atoms with E-state index in [-0.39, 0.29) is 11.9 Å². The molecule has 0 aromatic heterocycles. The summed E-state index contributed by atoms with van der Waals surface area (Å²) in [5.74, 6) is -0.166. The van der Waals surface area contributed by atoms with Crippen molar-refractivity contribution < 1.29 is 19.4 Å². The number of hydrogen-bond acceptors (Lipinski definition) is 4. The van der Waals surface area contributed by atoms with E-state index < -0.39 is 11.6 Å². The monoisotopic (exact) mass is 315 g/mol. The second kappa shape index (κ2) is 9.27. The fraction of sp³-hybridized carbons (Fsp3) is 0.800. The van der Waals surface area contributed by atoms with Crippen LogP contribution in [0.2, 0.25) is 0 Å². The molecular formula is C15H29N3O4. The largest absolute Gasteiger partial charge is 0.481 e. The van der Waals surface area contributed by atoms with Gasteiger partial charge in [-0.1, -0.05) is 0 Å². The lowest BCUT2D eigenvalue weighted by atomic mass is 9.97. The fourth-order valence-electron chi connectivity index (χ4n) is 2.19. The highest BCUT2D eigenvalue weighted by Crippen LogP contribution is 2.21. The summed E-state index contributed by atoms with van der Waals surface area (Å²) in [5.41, 5.74) is 4.99. The number of carboxylic acid groups (broad SMARTS) is 1. The number of aliphatic carboxylic acids is 1. The van der Waals surface area contributed by atoms with Gasteiger partial charge in [0.1, 0.15) is 5.60 Å². The molecule has 1 amide bonds. The van der Waals surface area contributed by atoms with E-state index in [1.165, 1.54) is 0 Å². The normalized spacial score (nSPS) is 18.5. The Morgan fingerprint density at radius 1 is 1.32 bits per heavy atom. The highest BCUT2D eigenvalue weighted by Gasteiger charge is 2.25. The van der Waals surface area contributed by atoms with Crippen molar-refractivity contribution >= 4 is 17.9 Å². The quantitative estimate of drug-likeness (QED) is 0.534. The van der Waals surface area contributed by atoms with Crippen LogP contribution < -0.4 is 5.73 Å². The first kappa shape index (κ1) is 20.2. The number of hydrogen-bond donors (Lipinski definition) is 3. The highest BCUT2D eigenvalue weighted by atomic mass is 16.6. The summed E-state index contributed by atoms with van der Waals surface area (Å²) in [4.78, 5) is 22.7. The third-order valence-electron chi connectivity index (χ3n) is 3.01. The van der Waals surface area contributed by atoms with Crippen molar-refractivity contribution in [2.24, 2.45) is 11.7 Å². The predicted molar refractivity (Wildman–Crippen MR) is 85.0 cm³/mol. The zero-order chi connectivity index (χ0) is 17.3.